The molecule has 0 aliphatic carbocycles. The molecule has 120 valence electrons. The highest BCUT2D eigenvalue weighted by atomic mass is 79.9. The number of hydrogen-bond acceptors (Lipinski definition) is 2. The fourth-order valence-corrected chi connectivity index (χ4v) is 3.14. The molecule has 0 atom stereocenters. The maximum atomic E-state index is 12.3. The Morgan fingerprint density at radius 3 is 2.48 bits per heavy atom. The highest BCUT2D eigenvalue weighted by molar-refractivity contribution is 9.10. The minimum atomic E-state index is -0.107. The third kappa shape index (κ3) is 4.41. The van der Waals surface area contributed by atoms with Crippen LogP contribution in [0.2, 0.25) is 0 Å². The number of carbonyl (C=O) groups is 1. The summed E-state index contributed by atoms with van der Waals surface area (Å²) in [6.07, 6.45) is 0. The van der Waals surface area contributed by atoms with E-state index in [1.807, 2.05) is 30.3 Å². The topological polar surface area (TPSA) is 42.8 Å². The molecule has 0 spiro atoms. The van der Waals surface area contributed by atoms with Crippen LogP contribution < -0.4 is 10.2 Å². The standard InChI is InChI=1S/C18H19BrN2O2/c19-17-4-2-1-3-16(17)18(22)20-15-7-5-14(6-8-15)13-21-9-11-23-12-10-21/h1-8H,9-13H2,(H,20,22)/p+1. The van der Waals surface area contributed by atoms with Crippen LogP contribution in [0.5, 0.6) is 0 Å². The van der Waals surface area contributed by atoms with Gasteiger partial charge in [0.1, 0.15) is 19.6 Å². The van der Waals surface area contributed by atoms with Crippen LogP contribution in [0.1, 0.15) is 15.9 Å². The lowest BCUT2D eigenvalue weighted by Crippen LogP contribution is -3.12. The quantitative estimate of drug-likeness (QED) is 0.859. The number of ether oxygens (including phenoxy) is 1. The van der Waals surface area contributed by atoms with Crippen LogP contribution in [0, 0.1) is 0 Å². The lowest BCUT2D eigenvalue weighted by atomic mass is 10.1. The number of amides is 1. The molecular formula is C18H20BrN2O2+. The normalized spacial score (nSPS) is 15.3. The summed E-state index contributed by atoms with van der Waals surface area (Å²) < 4.78 is 6.18. The van der Waals surface area contributed by atoms with E-state index in [9.17, 15) is 4.79 Å². The molecule has 2 N–H and O–H groups in total. The molecule has 1 heterocycles. The van der Waals surface area contributed by atoms with Crippen molar-refractivity contribution in [3.63, 3.8) is 0 Å². The van der Waals surface area contributed by atoms with Crippen molar-refractivity contribution in [2.75, 3.05) is 31.6 Å². The molecule has 23 heavy (non-hydrogen) atoms. The summed E-state index contributed by atoms with van der Waals surface area (Å²) in [4.78, 5) is 13.8. The van der Waals surface area contributed by atoms with Gasteiger partial charge in [-0.1, -0.05) is 24.3 Å². The van der Waals surface area contributed by atoms with E-state index in [2.05, 4.69) is 33.4 Å². The molecule has 3 rings (SSSR count). The fraction of sp³-hybridized carbons (Fsp3) is 0.278. The third-order valence-electron chi connectivity index (χ3n) is 3.98. The predicted molar refractivity (Wildman–Crippen MR) is 93.8 cm³/mol. The van der Waals surface area contributed by atoms with E-state index >= 15 is 0 Å². The maximum Gasteiger partial charge on any atom is 0.256 e. The van der Waals surface area contributed by atoms with E-state index in [4.69, 9.17) is 4.74 Å². The number of morpholine rings is 1. The summed E-state index contributed by atoms with van der Waals surface area (Å²) in [7, 11) is 0. The number of carbonyl (C=O) groups excluding carboxylic acids is 1. The van der Waals surface area contributed by atoms with Crippen LogP contribution in [0.3, 0.4) is 0 Å². The van der Waals surface area contributed by atoms with E-state index < -0.39 is 0 Å². The van der Waals surface area contributed by atoms with E-state index in [-0.39, 0.29) is 5.91 Å². The van der Waals surface area contributed by atoms with Crippen molar-refractivity contribution in [3.05, 3.63) is 64.1 Å². The van der Waals surface area contributed by atoms with Crippen LogP contribution >= 0.6 is 15.9 Å². The van der Waals surface area contributed by atoms with Crippen LogP contribution in [-0.2, 0) is 11.3 Å². The van der Waals surface area contributed by atoms with Crippen molar-refractivity contribution < 1.29 is 14.4 Å². The molecule has 0 unspecified atom stereocenters. The molecule has 2 aromatic rings. The first-order chi connectivity index (χ1) is 11.2. The number of anilines is 1. The van der Waals surface area contributed by atoms with Crippen LogP contribution in [-0.4, -0.2) is 32.2 Å². The second-order valence-corrected chi connectivity index (χ2v) is 6.52. The smallest absolute Gasteiger partial charge is 0.256 e. The Morgan fingerprint density at radius 2 is 1.78 bits per heavy atom. The Hall–Kier alpha value is -1.69. The van der Waals surface area contributed by atoms with Gasteiger partial charge in [-0.05, 0) is 40.2 Å². The molecule has 1 aliphatic heterocycles. The van der Waals surface area contributed by atoms with Gasteiger partial charge in [-0.25, -0.2) is 0 Å². The van der Waals surface area contributed by atoms with Gasteiger partial charge in [0.05, 0.1) is 18.8 Å². The third-order valence-corrected chi connectivity index (χ3v) is 4.68. The van der Waals surface area contributed by atoms with Gasteiger partial charge in [0.15, 0.2) is 0 Å². The zero-order valence-corrected chi connectivity index (χ0v) is 14.4. The average molecular weight is 376 g/mol. The van der Waals surface area contributed by atoms with Gasteiger partial charge in [-0.2, -0.15) is 0 Å². The number of hydrogen-bond donors (Lipinski definition) is 2. The number of rotatable bonds is 4. The van der Waals surface area contributed by atoms with Gasteiger partial charge in [0.25, 0.3) is 5.91 Å². The van der Waals surface area contributed by atoms with Gasteiger partial charge >= 0.3 is 0 Å². The summed E-state index contributed by atoms with van der Waals surface area (Å²) in [5.74, 6) is -0.107. The molecule has 1 amide bonds. The Balaban J connectivity index is 1.61. The van der Waals surface area contributed by atoms with Crippen molar-refractivity contribution >= 4 is 27.5 Å². The van der Waals surface area contributed by atoms with Gasteiger partial charge < -0.3 is 15.0 Å². The predicted octanol–water partition coefficient (Wildman–Crippen LogP) is 2.12. The fourth-order valence-electron chi connectivity index (χ4n) is 2.68. The number of nitrogens with one attached hydrogen (secondary N) is 2. The molecule has 0 saturated carbocycles. The summed E-state index contributed by atoms with van der Waals surface area (Å²) in [5, 5.41) is 2.93. The minimum absolute atomic E-state index is 0.107. The summed E-state index contributed by atoms with van der Waals surface area (Å²) in [6, 6.07) is 15.5. The SMILES string of the molecule is O=C(Nc1ccc(C[NH+]2CCOCC2)cc1)c1ccccc1Br. The number of quaternary nitrogens is 1. The zero-order chi connectivity index (χ0) is 16.1. The van der Waals surface area contributed by atoms with E-state index in [1.165, 1.54) is 5.56 Å². The Morgan fingerprint density at radius 1 is 1.09 bits per heavy atom. The highest BCUT2D eigenvalue weighted by Crippen LogP contribution is 2.18. The first kappa shape index (κ1) is 16.2. The molecule has 1 saturated heterocycles. The van der Waals surface area contributed by atoms with Gasteiger partial charge in [0, 0.05) is 15.7 Å². The second-order valence-electron chi connectivity index (χ2n) is 5.67. The highest BCUT2D eigenvalue weighted by Gasteiger charge is 2.14. The largest absolute Gasteiger partial charge is 0.370 e. The van der Waals surface area contributed by atoms with Crippen molar-refractivity contribution in [3.8, 4) is 0 Å². The summed E-state index contributed by atoms with van der Waals surface area (Å²) in [6.45, 7) is 4.80. The lowest BCUT2D eigenvalue weighted by molar-refractivity contribution is -0.921. The summed E-state index contributed by atoms with van der Waals surface area (Å²) >= 11 is 3.40. The Labute approximate surface area is 144 Å². The summed E-state index contributed by atoms with van der Waals surface area (Å²) in [5.41, 5.74) is 2.72. The molecule has 5 heteroatoms. The molecule has 1 fully saturated rings. The van der Waals surface area contributed by atoms with Crippen LogP contribution in [0.4, 0.5) is 5.69 Å². The van der Waals surface area contributed by atoms with Crippen molar-refractivity contribution in [2.24, 2.45) is 0 Å². The molecule has 4 nitrogen and oxygen atoms in total. The van der Waals surface area contributed by atoms with Crippen LogP contribution in [0.15, 0.2) is 53.0 Å². The number of halogens is 1. The molecule has 2 aromatic carbocycles. The molecule has 0 bridgehead atoms. The van der Waals surface area contributed by atoms with Crippen molar-refractivity contribution in [1.29, 1.82) is 0 Å². The van der Waals surface area contributed by atoms with E-state index in [0.717, 1.165) is 43.0 Å². The average Bonchev–Trinajstić information content (AvgIpc) is 2.58. The van der Waals surface area contributed by atoms with E-state index in [1.54, 1.807) is 11.0 Å². The first-order valence-corrected chi connectivity index (χ1v) is 8.58. The lowest BCUT2D eigenvalue weighted by Gasteiger charge is -2.23. The van der Waals surface area contributed by atoms with Gasteiger partial charge in [-0.15, -0.1) is 0 Å². The van der Waals surface area contributed by atoms with Gasteiger partial charge in [0.2, 0.25) is 0 Å². The van der Waals surface area contributed by atoms with Crippen molar-refractivity contribution in [2.45, 2.75) is 6.54 Å². The van der Waals surface area contributed by atoms with Crippen molar-refractivity contribution in [1.82, 2.24) is 0 Å². The molecule has 0 aromatic heterocycles. The molecular weight excluding hydrogens is 356 g/mol. The zero-order valence-electron chi connectivity index (χ0n) is 12.8. The van der Waals surface area contributed by atoms with Gasteiger partial charge in [-0.3, -0.25) is 4.79 Å². The Kier molecular flexibility index (Phi) is 5.43. The van der Waals surface area contributed by atoms with E-state index in [0.29, 0.717) is 5.56 Å². The first-order valence-electron chi connectivity index (χ1n) is 7.78. The molecule has 0 radical (unpaired) electrons. The second kappa shape index (κ2) is 7.73. The Bertz CT molecular complexity index is 667. The van der Waals surface area contributed by atoms with Crippen LogP contribution in [0.25, 0.3) is 0 Å². The number of benzene rings is 2. The monoisotopic (exact) mass is 375 g/mol. The molecule has 1 aliphatic rings. The minimum Gasteiger partial charge on any atom is -0.370 e. The maximum absolute atomic E-state index is 12.3.